The predicted octanol–water partition coefficient (Wildman–Crippen LogP) is 7.32. The third-order valence-corrected chi connectivity index (χ3v) is 4.95. The average molecular weight is 335 g/mol. The second kappa shape index (κ2) is 14.7. The molecule has 23 heavy (non-hydrogen) atoms. The first-order valence-electron chi connectivity index (χ1n) is 9.29. The molecule has 0 aliphatic carbocycles. The van der Waals surface area contributed by atoms with Gasteiger partial charge in [-0.05, 0) is 29.7 Å². The summed E-state index contributed by atoms with van der Waals surface area (Å²) >= 11 is 1.91. The van der Waals surface area contributed by atoms with Crippen LogP contribution < -0.4 is 4.74 Å². The van der Waals surface area contributed by atoms with Gasteiger partial charge in [-0.2, -0.15) is 0 Å². The van der Waals surface area contributed by atoms with E-state index in [9.17, 15) is 0 Å². The molecule has 1 nitrogen and oxygen atoms in total. The van der Waals surface area contributed by atoms with Gasteiger partial charge < -0.3 is 4.74 Å². The molecule has 0 fully saturated rings. The van der Waals surface area contributed by atoms with Crippen LogP contribution in [0.1, 0.15) is 76.7 Å². The molecule has 0 aliphatic heterocycles. The standard InChI is InChI=1S/C21H34OS/c1-3-4-5-6-7-8-9-10-11-14-18-23-19-17-20-15-12-13-16-21(20)22-2/h12-13,15-17,19H,3-11,14,18H2,1-2H3/b19-17-. The van der Waals surface area contributed by atoms with Crippen molar-refractivity contribution in [3.63, 3.8) is 0 Å². The Bertz CT molecular complexity index is 414. The minimum absolute atomic E-state index is 0.947. The first-order chi connectivity index (χ1) is 11.4. The highest BCUT2D eigenvalue weighted by Crippen LogP contribution is 2.20. The van der Waals surface area contributed by atoms with E-state index in [1.165, 1.54) is 70.0 Å². The number of benzene rings is 1. The fourth-order valence-corrected chi connectivity index (χ4v) is 3.42. The number of rotatable bonds is 14. The van der Waals surface area contributed by atoms with Crippen molar-refractivity contribution in [1.29, 1.82) is 0 Å². The summed E-state index contributed by atoms with van der Waals surface area (Å²) in [6, 6.07) is 8.16. The van der Waals surface area contributed by atoms with Gasteiger partial charge in [-0.3, -0.25) is 0 Å². The van der Waals surface area contributed by atoms with Crippen LogP contribution >= 0.6 is 11.8 Å². The monoisotopic (exact) mass is 334 g/mol. The van der Waals surface area contributed by atoms with Crippen molar-refractivity contribution in [2.24, 2.45) is 0 Å². The lowest BCUT2D eigenvalue weighted by Crippen LogP contribution is -1.85. The number of thioether (sulfide) groups is 1. The van der Waals surface area contributed by atoms with Crippen molar-refractivity contribution in [2.45, 2.75) is 71.1 Å². The van der Waals surface area contributed by atoms with Crippen molar-refractivity contribution >= 4 is 17.8 Å². The number of hydrogen-bond acceptors (Lipinski definition) is 2. The van der Waals surface area contributed by atoms with Crippen LogP contribution in [0.2, 0.25) is 0 Å². The first-order valence-corrected chi connectivity index (χ1v) is 10.3. The van der Waals surface area contributed by atoms with Gasteiger partial charge in [0.1, 0.15) is 5.75 Å². The third kappa shape index (κ3) is 10.5. The van der Waals surface area contributed by atoms with Crippen molar-refractivity contribution in [1.82, 2.24) is 0 Å². The zero-order chi connectivity index (χ0) is 16.6. The number of methoxy groups -OCH3 is 1. The van der Waals surface area contributed by atoms with Gasteiger partial charge in [0.15, 0.2) is 0 Å². The highest BCUT2D eigenvalue weighted by molar-refractivity contribution is 8.02. The van der Waals surface area contributed by atoms with Crippen molar-refractivity contribution < 1.29 is 4.74 Å². The molecule has 0 radical (unpaired) electrons. The van der Waals surface area contributed by atoms with Gasteiger partial charge in [0.25, 0.3) is 0 Å². The molecule has 0 bridgehead atoms. The fraction of sp³-hybridized carbons (Fsp3) is 0.619. The molecule has 130 valence electrons. The molecule has 0 spiro atoms. The first kappa shape index (κ1) is 20.2. The fourth-order valence-electron chi connectivity index (χ4n) is 2.67. The molecule has 0 atom stereocenters. The Hall–Kier alpha value is -0.890. The van der Waals surface area contributed by atoms with E-state index in [1.807, 2.05) is 23.9 Å². The van der Waals surface area contributed by atoms with Crippen LogP contribution in [0.3, 0.4) is 0 Å². The van der Waals surface area contributed by atoms with E-state index in [-0.39, 0.29) is 0 Å². The normalized spacial score (nSPS) is 11.2. The van der Waals surface area contributed by atoms with Crippen molar-refractivity contribution in [3.8, 4) is 5.75 Å². The van der Waals surface area contributed by atoms with Crippen LogP contribution in [0.25, 0.3) is 6.08 Å². The average Bonchev–Trinajstić information content (AvgIpc) is 2.59. The van der Waals surface area contributed by atoms with Crippen LogP contribution in [0.5, 0.6) is 5.75 Å². The van der Waals surface area contributed by atoms with Crippen LogP contribution in [0.15, 0.2) is 29.7 Å². The molecule has 0 aliphatic rings. The molecular formula is C21H34OS. The largest absolute Gasteiger partial charge is 0.496 e. The minimum atomic E-state index is 0.947. The highest BCUT2D eigenvalue weighted by atomic mass is 32.2. The zero-order valence-corrected chi connectivity index (χ0v) is 15.9. The molecule has 0 amide bonds. The lowest BCUT2D eigenvalue weighted by Gasteiger charge is -2.03. The molecule has 1 aromatic rings. The summed E-state index contributed by atoms with van der Waals surface area (Å²) < 4.78 is 5.35. The van der Waals surface area contributed by atoms with Gasteiger partial charge in [-0.25, -0.2) is 0 Å². The summed E-state index contributed by atoms with van der Waals surface area (Å²) in [5.41, 5.74) is 1.16. The SMILES string of the molecule is CCCCCCCCCCCCS/C=C\c1ccccc1OC. The summed E-state index contributed by atoms with van der Waals surface area (Å²) in [6.07, 6.45) is 16.2. The number of ether oxygens (including phenoxy) is 1. The molecule has 0 heterocycles. The number of para-hydroxylation sites is 1. The second-order valence-electron chi connectivity index (χ2n) is 6.10. The van der Waals surface area contributed by atoms with Gasteiger partial charge in [-0.15, -0.1) is 11.8 Å². The Morgan fingerprint density at radius 1 is 0.870 bits per heavy atom. The molecule has 0 saturated heterocycles. The second-order valence-corrected chi connectivity index (χ2v) is 7.11. The highest BCUT2D eigenvalue weighted by Gasteiger charge is 1.96. The van der Waals surface area contributed by atoms with E-state index >= 15 is 0 Å². The molecule has 0 saturated carbocycles. The summed E-state index contributed by atoms with van der Waals surface area (Å²) in [7, 11) is 1.73. The smallest absolute Gasteiger partial charge is 0.126 e. The van der Waals surface area contributed by atoms with Crippen LogP contribution in [-0.4, -0.2) is 12.9 Å². The zero-order valence-electron chi connectivity index (χ0n) is 15.1. The maximum Gasteiger partial charge on any atom is 0.126 e. The van der Waals surface area contributed by atoms with Gasteiger partial charge >= 0.3 is 0 Å². The van der Waals surface area contributed by atoms with Gasteiger partial charge in [-0.1, -0.05) is 82.9 Å². The molecule has 0 N–H and O–H groups in total. The summed E-state index contributed by atoms with van der Waals surface area (Å²) in [5.74, 6) is 2.17. The Balaban J connectivity index is 1.94. The summed E-state index contributed by atoms with van der Waals surface area (Å²) in [6.45, 7) is 2.28. The van der Waals surface area contributed by atoms with Gasteiger partial charge in [0, 0.05) is 5.56 Å². The Morgan fingerprint density at radius 3 is 2.13 bits per heavy atom. The maximum absolute atomic E-state index is 5.35. The molecule has 1 aromatic carbocycles. The quantitative estimate of drug-likeness (QED) is 0.330. The van der Waals surface area contributed by atoms with Crippen molar-refractivity contribution in [2.75, 3.05) is 12.9 Å². The van der Waals surface area contributed by atoms with Crippen LogP contribution in [0.4, 0.5) is 0 Å². The van der Waals surface area contributed by atoms with E-state index in [0.29, 0.717) is 0 Å². The Labute approximate surface area is 147 Å². The number of unbranched alkanes of at least 4 members (excludes halogenated alkanes) is 9. The predicted molar refractivity (Wildman–Crippen MR) is 106 cm³/mol. The lowest BCUT2D eigenvalue weighted by molar-refractivity contribution is 0.414. The Morgan fingerprint density at radius 2 is 1.48 bits per heavy atom. The molecule has 1 rings (SSSR count). The number of hydrogen-bond donors (Lipinski definition) is 0. The van der Waals surface area contributed by atoms with E-state index in [2.05, 4.69) is 30.5 Å². The van der Waals surface area contributed by atoms with Crippen LogP contribution in [0, 0.1) is 0 Å². The maximum atomic E-state index is 5.35. The van der Waals surface area contributed by atoms with Crippen molar-refractivity contribution in [3.05, 3.63) is 35.2 Å². The van der Waals surface area contributed by atoms with Gasteiger partial charge in [0.05, 0.1) is 7.11 Å². The lowest BCUT2D eigenvalue weighted by atomic mass is 10.1. The molecule has 2 heteroatoms. The van der Waals surface area contributed by atoms with E-state index in [4.69, 9.17) is 4.74 Å². The summed E-state index contributed by atoms with van der Waals surface area (Å²) in [5, 5.41) is 2.20. The molecular weight excluding hydrogens is 300 g/mol. The van der Waals surface area contributed by atoms with E-state index in [1.54, 1.807) is 7.11 Å². The third-order valence-electron chi connectivity index (χ3n) is 4.10. The van der Waals surface area contributed by atoms with Crippen LogP contribution in [-0.2, 0) is 0 Å². The molecule has 0 unspecified atom stereocenters. The minimum Gasteiger partial charge on any atom is -0.496 e. The Kier molecular flexibility index (Phi) is 12.9. The van der Waals surface area contributed by atoms with Gasteiger partial charge in [0.2, 0.25) is 0 Å². The topological polar surface area (TPSA) is 9.23 Å². The molecule has 0 aromatic heterocycles. The van der Waals surface area contributed by atoms with E-state index in [0.717, 1.165) is 11.3 Å². The summed E-state index contributed by atoms with van der Waals surface area (Å²) in [4.78, 5) is 0. The van der Waals surface area contributed by atoms with E-state index < -0.39 is 0 Å².